The van der Waals surface area contributed by atoms with Gasteiger partial charge in [-0.2, -0.15) is 0 Å². The van der Waals surface area contributed by atoms with Crippen LogP contribution in [0.4, 0.5) is 0 Å². The maximum absolute atomic E-state index is 11.8. The van der Waals surface area contributed by atoms with Gasteiger partial charge in [0, 0.05) is 19.3 Å². The fourth-order valence-electron chi connectivity index (χ4n) is 1.68. The lowest BCUT2D eigenvalue weighted by atomic mass is 10.1. The van der Waals surface area contributed by atoms with Gasteiger partial charge in [0.05, 0.1) is 6.61 Å². The first-order chi connectivity index (χ1) is 10.0. The summed E-state index contributed by atoms with van der Waals surface area (Å²) in [6.07, 6.45) is 0.890. The molecule has 0 N–H and O–H groups in total. The summed E-state index contributed by atoms with van der Waals surface area (Å²) >= 11 is 0. The molecular formula is C16H22O5. The molecule has 0 bridgehead atoms. The molecule has 5 nitrogen and oxygen atoms in total. The van der Waals surface area contributed by atoms with Crippen LogP contribution in [0.3, 0.4) is 0 Å². The highest BCUT2D eigenvalue weighted by atomic mass is 16.6. The fourth-order valence-corrected chi connectivity index (χ4v) is 1.68. The van der Waals surface area contributed by atoms with Gasteiger partial charge in [0.25, 0.3) is 0 Å². The van der Waals surface area contributed by atoms with Crippen molar-refractivity contribution in [3.05, 3.63) is 29.8 Å². The molecule has 1 aromatic carbocycles. The average Bonchev–Trinajstić information content (AvgIpc) is 2.47. The van der Waals surface area contributed by atoms with Gasteiger partial charge in [-0.1, -0.05) is 12.1 Å². The Morgan fingerprint density at radius 1 is 1.19 bits per heavy atom. The van der Waals surface area contributed by atoms with Crippen molar-refractivity contribution in [2.75, 3.05) is 20.3 Å². The van der Waals surface area contributed by atoms with Crippen molar-refractivity contribution in [2.24, 2.45) is 0 Å². The van der Waals surface area contributed by atoms with Crippen molar-refractivity contribution >= 4 is 11.8 Å². The third kappa shape index (κ3) is 6.40. The molecule has 0 aliphatic carbocycles. The van der Waals surface area contributed by atoms with Crippen molar-refractivity contribution < 1.29 is 23.8 Å². The Labute approximate surface area is 125 Å². The van der Waals surface area contributed by atoms with Crippen LogP contribution in [0.1, 0.15) is 37.0 Å². The number of hydrogen-bond acceptors (Lipinski definition) is 5. The molecule has 21 heavy (non-hydrogen) atoms. The average molecular weight is 294 g/mol. The lowest BCUT2D eigenvalue weighted by Crippen LogP contribution is -2.26. The Kier molecular flexibility index (Phi) is 7.46. The van der Waals surface area contributed by atoms with E-state index in [0.29, 0.717) is 24.5 Å². The number of ketones is 1. The summed E-state index contributed by atoms with van der Waals surface area (Å²) in [5.74, 6) is 0.0148. The van der Waals surface area contributed by atoms with Crippen LogP contribution in [0, 0.1) is 0 Å². The maximum atomic E-state index is 11.8. The number of benzene rings is 1. The van der Waals surface area contributed by atoms with Crippen LogP contribution in [0.15, 0.2) is 24.3 Å². The molecule has 0 spiro atoms. The third-order valence-electron chi connectivity index (χ3n) is 2.87. The van der Waals surface area contributed by atoms with Gasteiger partial charge in [-0.05, 0) is 38.8 Å². The zero-order valence-corrected chi connectivity index (χ0v) is 12.8. The second kappa shape index (κ2) is 9.13. The van der Waals surface area contributed by atoms with Gasteiger partial charge >= 0.3 is 5.97 Å². The predicted molar refractivity (Wildman–Crippen MR) is 78.6 cm³/mol. The van der Waals surface area contributed by atoms with Crippen LogP contribution in [0.25, 0.3) is 0 Å². The summed E-state index contributed by atoms with van der Waals surface area (Å²) in [6.45, 7) is 4.11. The van der Waals surface area contributed by atoms with Gasteiger partial charge in [-0.3, -0.25) is 4.79 Å². The van der Waals surface area contributed by atoms with E-state index in [1.807, 2.05) is 0 Å². The number of hydrogen-bond donors (Lipinski definition) is 0. The molecule has 1 rings (SSSR count). The molecule has 0 fully saturated rings. The molecule has 0 radical (unpaired) electrons. The van der Waals surface area contributed by atoms with Crippen LogP contribution >= 0.6 is 0 Å². The molecule has 5 heteroatoms. The largest absolute Gasteiger partial charge is 0.479 e. The summed E-state index contributed by atoms with van der Waals surface area (Å²) in [6, 6.07) is 6.74. The SMILES string of the molecule is COCCCCOC(=O)C(C)Oc1cccc(C(C)=O)c1. The number of methoxy groups -OCH3 is 1. The van der Waals surface area contributed by atoms with Crippen molar-refractivity contribution in [3.63, 3.8) is 0 Å². The van der Waals surface area contributed by atoms with E-state index in [0.717, 1.165) is 12.8 Å². The van der Waals surface area contributed by atoms with Gasteiger partial charge in [0.2, 0.25) is 0 Å². The molecule has 0 amide bonds. The number of esters is 1. The highest BCUT2D eigenvalue weighted by molar-refractivity contribution is 5.94. The summed E-state index contributed by atoms with van der Waals surface area (Å²) in [4.78, 5) is 23.0. The minimum Gasteiger partial charge on any atom is -0.479 e. The van der Waals surface area contributed by atoms with Crippen LogP contribution in [-0.4, -0.2) is 38.2 Å². The lowest BCUT2D eigenvalue weighted by molar-refractivity contribution is -0.151. The van der Waals surface area contributed by atoms with Crippen LogP contribution in [-0.2, 0) is 14.3 Å². The number of carbonyl (C=O) groups is 2. The first-order valence-corrected chi connectivity index (χ1v) is 6.98. The highest BCUT2D eigenvalue weighted by Crippen LogP contribution is 2.15. The van der Waals surface area contributed by atoms with E-state index >= 15 is 0 Å². The van der Waals surface area contributed by atoms with Crippen molar-refractivity contribution in [3.8, 4) is 5.75 Å². The predicted octanol–water partition coefficient (Wildman–Crippen LogP) is 2.63. The Hall–Kier alpha value is -1.88. The summed E-state index contributed by atoms with van der Waals surface area (Å²) in [5.41, 5.74) is 0.549. The van der Waals surface area contributed by atoms with Gasteiger partial charge in [-0.25, -0.2) is 4.79 Å². The van der Waals surface area contributed by atoms with E-state index in [2.05, 4.69) is 0 Å². The second-order valence-electron chi connectivity index (χ2n) is 4.71. The van der Waals surface area contributed by atoms with E-state index in [1.54, 1.807) is 38.3 Å². The molecule has 0 saturated carbocycles. The van der Waals surface area contributed by atoms with Crippen LogP contribution in [0.5, 0.6) is 5.75 Å². The van der Waals surface area contributed by atoms with Crippen molar-refractivity contribution in [1.82, 2.24) is 0 Å². The first-order valence-electron chi connectivity index (χ1n) is 6.98. The number of carbonyl (C=O) groups excluding carboxylic acids is 2. The first kappa shape index (κ1) is 17.2. The molecule has 1 atom stereocenters. The standard InChI is InChI=1S/C16H22O5/c1-12(17)14-7-6-8-15(11-14)21-13(2)16(18)20-10-5-4-9-19-3/h6-8,11,13H,4-5,9-10H2,1-3H3. The fraction of sp³-hybridized carbons (Fsp3) is 0.500. The Balaban J connectivity index is 2.41. The third-order valence-corrected chi connectivity index (χ3v) is 2.87. The van der Waals surface area contributed by atoms with E-state index in [1.165, 1.54) is 6.92 Å². The lowest BCUT2D eigenvalue weighted by Gasteiger charge is -2.14. The normalized spacial score (nSPS) is 11.8. The summed E-state index contributed by atoms with van der Waals surface area (Å²) in [5, 5.41) is 0. The van der Waals surface area contributed by atoms with E-state index in [4.69, 9.17) is 14.2 Å². The Bertz CT molecular complexity index is 469. The highest BCUT2D eigenvalue weighted by Gasteiger charge is 2.16. The molecule has 0 saturated heterocycles. The molecule has 0 aliphatic rings. The van der Waals surface area contributed by atoms with Gasteiger partial charge in [0.15, 0.2) is 11.9 Å². The minimum absolute atomic E-state index is 0.0474. The Morgan fingerprint density at radius 2 is 1.90 bits per heavy atom. The smallest absolute Gasteiger partial charge is 0.347 e. The molecule has 0 heterocycles. The number of Topliss-reactive ketones (excluding diaryl/α,β-unsaturated/α-hetero) is 1. The molecule has 1 aromatic rings. The summed E-state index contributed by atoms with van der Waals surface area (Å²) in [7, 11) is 1.64. The van der Waals surface area contributed by atoms with E-state index in [9.17, 15) is 9.59 Å². The summed E-state index contributed by atoms with van der Waals surface area (Å²) < 4.78 is 15.5. The Morgan fingerprint density at radius 3 is 2.57 bits per heavy atom. The molecular weight excluding hydrogens is 272 g/mol. The zero-order valence-electron chi connectivity index (χ0n) is 12.8. The van der Waals surface area contributed by atoms with Gasteiger partial charge in [0.1, 0.15) is 5.75 Å². The topological polar surface area (TPSA) is 61.8 Å². The van der Waals surface area contributed by atoms with E-state index < -0.39 is 12.1 Å². The number of ether oxygens (including phenoxy) is 3. The van der Waals surface area contributed by atoms with Crippen molar-refractivity contribution in [2.45, 2.75) is 32.8 Å². The molecule has 0 aliphatic heterocycles. The second-order valence-corrected chi connectivity index (χ2v) is 4.71. The molecule has 1 unspecified atom stereocenters. The van der Waals surface area contributed by atoms with Crippen LogP contribution in [0.2, 0.25) is 0 Å². The molecule has 116 valence electrons. The van der Waals surface area contributed by atoms with Gasteiger partial charge in [-0.15, -0.1) is 0 Å². The van der Waals surface area contributed by atoms with E-state index in [-0.39, 0.29) is 5.78 Å². The number of rotatable bonds is 9. The molecule has 0 aromatic heterocycles. The van der Waals surface area contributed by atoms with Crippen molar-refractivity contribution in [1.29, 1.82) is 0 Å². The van der Waals surface area contributed by atoms with Gasteiger partial charge < -0.3 is 14.2 Å². The van der Waals surface area contributed by atoms with Crippen LogP contribution < -0.4 is 4.74 Å². The zero-order chi connectivity index (χ0) is 15.7. The monoisotopic (exact) mass is 294 g/mol. The quantitative estimate of drug-likeness (QED) is 0.398. The maximum Gasteiger partial charge on any atom is 0.347 e. The number of unbranched alkanes of at least 4 members (excludes halogenated alkanes) is 1. The minimum atomic E-state index is -0.713.